The summed E-state index contributed by atoms with van der Waals surface area (Å²) in [6.45, 7) is 5.09. The van der Waals surface area contributed by atoms with Crippen molar-refractivity contribution in [1.82, 2.24) is 16.0 Å². The van der Waals surface area contributed by atoms with Gasteiger partial charge in [0.05, 0.1) is 0 Å². The zero-order valence-corrected chi connectivity index (χ0v) is 7.04. The van der Waals surface area contributed by atoms with E-state index >= 15 is 0 Å². The van der Waals surface area contributed by atoms with E-state index in [0.29, 0.717) is 0 Å². The third kappa shape index (κ3) is 7.88. The first-order valence-corrected chi connectivity index (χ1v) is 3.97. The summed E-state index contributed by atoms with van der Waals surface area (Å²) in [5, 5.41) is 9.45. The summed E-state index contributed by atoms with van der Waals surface area (Å²) in [6, 6.07) is 0. The van der Waals surface area contributed by atoms with E-state index < -0.39 is 0 Å². The van der Waals surface area contributed by atoms with Crippen LogP contribution >= 0.6 is 0 Å². The quantitative estimate of drug-likeness (QED) is 0.351. The van der Waals surface area contributed by atoms with Crippen molar-refractivity contribution in [3.8, 4) is 0 Å². The van der Waals surface area contributed by atoms with E-state index in [2.05, 4.69) is 22.9 Å². The summed E-state index contributed by atoms with van der Waals surface area (Å²) >= 11 is 0. The van der Waals surface area contributed by atoms with Gasteiger partial charge in [-0.2, -0.15) is 0 Å². The van der Waals surface area contributed by atoms with Gasteiger partial charge in [0.25, 0.3) is 0 Å². The van der Waals surface area contributed by atoms with Crippen molar-refractivity contribution in [3.63, 3.8) is 0 Å². The van der Waals surface area contributed by atoms with Gasteiger partial charge in [-0.3, -0.25) is 5.32 Å². The van der Waals surface area contributed by atoms with Gasteiger partial charge in [-0.1, -0.05) is 13.3 Å². The van der Waals surface area contributed by atoms with Crippen LogP contribution in [0.5, 0.6) is 0 Å². The molecule has 0 saturated heterocycles. The van der Waals surface area contributed by atoms with Gasteiger partial charge in [-0.05, 0) is 20.0 Å². The van der Waals surface area contributed by atoms with Gasteiger partial charge in [0, 0.05) is 13.3 Å². The maximum absolute atomic E-state index is 3.27. The van der Waals surface area contributed by atoms with Gasteiger partial charge in [-0.15, -0.1) is 0 Å². The molecule has 3 N–H and O–H groups in total. The van der Waals surface area contributed by atoms with Crippen LogP contribution in [0.3, 0.4) is 0 Å². The van der Waals surface area contributed by atoms with Crippen LogP contribution in [-0.2, 0) is 0 Å². The molecule has 0 aromatic rings. The molecule has 0 aliphatic carbocycles. The Balaban J connectivity index is 2.65. The molecular weight excluding hydrogens is 126 g/mol. The van der Waals surface area contributed by atoms with Crippen molar-refractivity contribution in [2.75, 3.05) is 26.9 Å². The average Bonchev–Trinajstić information content (AvgIpc) is 1.97. The van der Waals surface area contributed by atoms with E-state index in [9.17, 15) is 0 Å². The Morgan fingerprint density at radius 2 is 1.90 bits per heavy atom. The minimum atomic E-state index is 0.874. The first-order chi connectivity index (χ1) is 4.91. The van der Waals surface area contributed by atoms with E-state index in [1.807, 2.05) is 7.05 Å². The molecule has 0 rings (SSSR count). The van der Waals surface area contributed by atoms with Crippen LogP contribution in [0.1, 0.15) is 19.8 Å². The number of rotatable bonds is 7. The fraction of sp³-hybridized carbons (Fsp3) is 1.00. The second-order valence-electron chi connectivity index (χ2n) is 2.31. The van der Waals surface area contributed by atoms with Gasteiger partial charge in [0.2, 0.25) is 0 Å². The maximum atomic E-state index is 3.27. The molecule has 0 fully saturated rings. The Labute approximate surface area is 63.6 Å². The summed E-state index contributed by atoms with van der Waals surface area (Å²) in [5.74, 6) is 0. The van der Waals surface area contributed by atoms with Crippen molar-refractivity contribution in [3.05, 3.63) is 0 Å². The van der Waals surface area contributed by atoms with Crippen molar-refractivity contribution in [1.29, 1.82) is 0 Å². The SMILES string of the molecule is CCCCNCNCNC. The Morgan fingerprint density at radius 3 is 2.50 bits per heavy atom. The summed E-state index contributed by atoms with van der Waals surface area (Å²) < 4.78 is 0. The Hall–Kier alpha value is -0.120. The molecule has 0 saturated carbocycles. The normalized spacial score (nSPS) is 10.2. The second-order valence-corrected chi connectivity index (χ2v) is 2.31. The van der Waals surface area contributed by atoms with Crippen molar-refractivity contribution in [2.24, 2.45) is 0 Å². The highest BCUT2D eigenvalue weighted by atomic mass is 15.1. The van der Waals surface area contributed by atoms with Gasteiger partial charge in [0.1, 0.15) is 0 Å². The molecule has 0 aliphatic heterocycles. The zero-order chi connectivity index (χ0) is 7.66. The van der Waals surface area contributed by atoms with Gasteiger partial charge < -0.3 is 10.6 Å². The molecule has 62 valence electrons. The molecule has 3 heteroatoms. The molecule has 0 spiro atoms. The molecule has 0 amide bonds. The van der Waals surface area contributed by atoms with Crippen LogP contribution in [0, 0.1) is 0 Å². The van der Waals surface area contributed by atoms with Crippen molar-refractivity contribution < 1.29 is 0 Å². The predicted molar refractivity (Wildman–Crippen MR) is 44.8 cm³/mol. The third-order valence-electron chi connectivity index (χ3n) is 1.26. The number of hydrogen-bond donors (Lipinski definition) is 3. The fourth-order valence-corrected chi connectivity index (χ4v) is 0.666. The first-order valence-electron chi connectivity index (χ1n) is 3.97. The van der Waals surface area contributed by atoms with E-state index in [1.165, 1.54) is 12.8 Å². The van der Waals surface area contributed by atoms with Crippen LogP contribution in [0.15, 0.2) is 0 Å². The molecule has 0 bridgehead atoms. The lowest BCUT2D eigenvalue weighted by Gasteiger charge is -2.04. The van der Waals surface area contributed by atoms with Crippen LogP contribution < -0.4 is 16.0 Å². The third-order valence-corrected chi connectivity index (χ3v) is 1.26. The Kier molecular flexibility index (Phi) is 8.77. The monoisotopic (exact) mass is 145 g/mol. The molecule has 0 unspecified atom stereocenters. The maximum Gasteiger partial charge on any atom is 0.0464 e. The van der Waals surface area contributed by atoms with Crippen LogP contribution in [0.2, 0.25) is 0 Å². The van der Waals surface area contributed by atoms with Crippen molar-refractivity contribution >= 4 is 0 Å². The van der Waals surface area contributed by atoms with Crippen LogP contribution in [0.4, 0.5) is 0 Å². The smallest absolute Gasteiger partial charge is 0.0464 e. The molecule has 0 heterocycles. The van der Waals surface area contributed by atoms with E-state index in [4.69, 9.17) is 0 Å². The highest BCUT2D eigenvalue weighted by Crippen LogP contribution is 1.80. The molecule has 0 aromatic carbocycles. The lowest BCUT2D eigenvalue weighted by atomic mass is 10.3. The van der Waals surface area contributed by atoms with Crippen LogP contribution in [0.25, 0.3) is 0 Å². The second kappa shape index (κ2) is 8.88. The minimum Gasteiger partial charge on any atom is -0.308 e. The topological polar surface area (TPSA) is 36.1 Å². The first kappa shape index (κ1) is 9.88. The average molecular weight is 145 g/mol. The highest BCUT2D eigenvalue weighted by molar-refractivity contribution is 4.44. The summed E-state index contributed by atoms with van der Waals surface area (Å²) in [4.78, 5) is 0. The predicted octanol–water partition coefficient (Wildman–Crippen LogP) is 0.100. The molecular formula is C7H19N3. The molecule has 0 aromatic heterocycles. The lowest BCUT2D eigenvalue weighted by Crippen LogP contribution is -2.34. The Morgan fingerprint density at radius 1 is 1.10 bits per heavy atom. The lowest BCUT2D eigenvalue weighted by molar-refractivity contribution is 0.546. The van der Waals surface area contributed by atoms with Gasteiger partial charge in [0.15, 0.2) is 0 Å². The van der Waals surface area contributed by atoms with Crippen LogP contribution in [-0.4, -0.2) is 26.9 Å². The number of nitrogens with one attached hydrogen (secondary N) is 3. The fourth-order valence-electron chi connectivity index (χ4n) is 0.666. The molecule has 10 heavy (non-hydrogen) atoms. The summed E-state index contributed by atoms with van der Waals surface area (Å²) in [6.07, 6.45) is 2.53. The number of hydrogen-bond acceptors (Lipinski definition) is 3. The molecule has 3 nitrogen and oxygen atoms in total. The minimum absolute atomic E-state index is 0.874. The zero-order valence-electron chi connectivity index (χ0n) is 7.04. The molecule has 0 radical (unpaired) electrons. The summed E-state index contributed by atoms with van der Waals surface area (Å²) in [7, 11) is 1.93. The highest BCUT2D eigenvalue weighted by Gasteiger charge is 1.82. The standard InChI is InChI=1S/C7H19N3/c1-3-4-5-9-7-10-6-8-2/h8-10H,3-7H2,1-2H3. The molecule has 0 aliphatic rings. The number of unbranched alkanes of at least 4 members (excludes halogenated alkanes) is 1. The largest absolute Gasteiger partial charge is 0.308 e. The van der Waals surface area contributed by atoms with E-state index in [1.54, 1.807) is 0 Å². The summed E-state index contributed by atoms with van der Waals surface area (Å²) in [5.41, 5.74) is 0. The van der Waals surface area contributed by atoms with E-state index in [-0.39, 0.29) is 0 Å². The van der Waals surface area contributed by atoms with Crippen molar-refractivity contribution in [2.45, 2.75) is 19.8 Å². The van der Waals surface area contributed by atoms with E-state index in [0.717, 1.165) is 19.9 Å². The van der Waals surface area contributed by atoms with Gasteiger partial charge in [-0.25, -0.2) is 0 Å². The molecule has 0 atom stereocenters. The van der Waals surface area contributed by atoms with Gasteiger partial charge >= 0.3 is 0 Å². The Bertz CT molecular complexity index is 48.8.